The van der Waals surface area contributed by atoms with Gasteiger partial charge in [0.1, 0.15) is 0 Å². The molecule has 0 fully saturated rings. The molecule has 164 valence electrons. The van der Waals surface area contributed by atoms with E-state index in [1.807, 2.05) is 0 Å². The number of carboxylic acids is 1. The van der Waals surface area contributed by atoms with Gasteiger partial charge in [-0.25, -0.2) is 4.79 Å². The largest absolute Gasteiger partial charge is 0.478 e. The first-order chi connectivity index (χ1) is 15.0. The highest BCUT2D eigenvalue weighted by atomic mass is 35.5. The molecule has 3 aromatic carbocycles. The molecule has 9 nitrogen and oxygen atoms in total. The lowest BCUT2D eigenvalue weighted by Crippen LogP contribution is -2.02. The molecule has 0 heterocycles. The SMILES string of the molecule is O=C(O)c1cc(Cl)cc([N+](=O)[O-])c1.O=C(c1ccc(Cl)cc1)c1cc(Cl)cc([N+](=O)[O-])c1. The zero-order valence-corrected chi connectivity index (χ0v) is 18.0. The van der Waals surface area contributed by atoms with Gasteiger partial charge in [-0.15, -0.1) is 0 Å². The van der Waals surface area contributed by atoms with E-state index in [2.05, 4.69) is 0 Å². The monoisotopic (exact) mass is 496 g/mol. The van der Waals surface area contributed by atoms with Crippen LogP contribution in [0.1, 0.15) is 26.3 Å². The highest BCUT2D eigenvalue weighted by molar-refractivity contribution is 6.32. The molecule has 32 heavy (non-hydrogen) atoms. The van der Waals surface area contributed by atoms with Crippen LogP contribution >= 0.6 is 34.8 Å². The Balaban J connectivity index is 0.000000244. The van der Waals surface area contributed by atoms with Crippen LogP contribution < -0.4 is 0 Å². The Morgan fingerprint density at radius 2 is 1.09 bits per heavy atom. The lowest BCUT2D eigenvalue weighted by atomic mass is 10.0. The quantitative estimate of drug-likeness (QED) is 0.256. The second kappa shape index (κ2) is 10.7. The van der Waals surface area contributed by atoms with Crippen molar-refractivity contribution in [1.82, 2.24) is 0 Å². The molecule has 0 aromatic heterocycles. The average molecular weight is 498 g/mol. The van der Waals surface area contributed by atoms with Gasteiger partial charge < -0.3 is 5.11 Å². The van der Waals surface area contributed by atoms with Gasteiger partial charge >= 0.3 is 5.97 Å². The van der Waals surface area contributed by atoms with Crippen molar-refractivity contribution in [3.8, 4) is 0 Å². The number of nitrogens with zero attached hydrogens (tertiary/aromatic N) is 2. The van der Waals surface area contributed by atoms with Crippen LogP contribution in [0.2, 0.25) is 15.1 Å². The van der Waals surface area contributed by atoms with Crippen LogP contribution in [0, 0.1) is 20.2 Å². The number of nitro benzene ring substituents is 2. The fourth-order valence-corrected chi connectivity index (χ4v) is 2.97. The number of hydrogen-bond acceptors (Lipinski definition) is 6. The number of nitro groups is 2. The normalized spacial score (nSPS) is 9.97. The van der Waals surface area contributed by atoms with Crippen molar-refractivity contribution in [3.05, 3.63) is 113 Å². The summed E-state index contributed by atoms with van der Waals surface area (Å²) < 4.78 is 0. The number of rotatable bonds is 5. The number of carbonyl (C=O) groups is 2. The van der Waals surface area contributed by atoms with Gasteiger partial charge in [-0.3, -0.25) is 25.0 Å². The number of ketones is 1. The molecule has 0 atom stereocenters. The van der Waals surface area contributed by atoms with Crippen LogP contribution in [0.5, 0.6) is 0 Å². The van der Waals surface area contributed by atoms with Crippen LogP contribution in [0.25, 0.3) is 0 Å². The number of non-ortho nitro benzene ring substituents is 2. The zero-order valence-electron chi connectivity index (χ0n) is 15.7. The van der Waals surface area contributed by atoms with E-state index in [4.69, 9.17) is 39.9 Å². The summed E-state index contributed by atoms with van der Waals surface area (Å²) in [5, 5.41) is 30.2. The van der Waals surface area contributed by atoms with E-state index in [-0.39, 0.29) is 38.3 Å². The van der Waals surface area contributed by atoms with E-state index in [9.17, 15) is 29.8 Å². The zero-order chi connectivity index (χ0) is 24.0. The first kappa shape index (κ1) is 24.7. The molecule has 3 aromatic rings. The van der Waals surface area contributed by atoms with Gasteiger partial charge in [0.25, 0.3) is 11.4 Å². The second-order valence-electron chi connectivity index (χ2n) is 6.05. The summed E-state index contributed by atoms with van der Waals surface area (Å²) >= 11 is 17.0. The third-order valence-electron chi connectivity index (χ3n) is 3.80. The summed E-state index contributed by atoms with van der Waals surface area (Å²) in [6.45, 7) is 0. The molecule has 0 radical (unpaired) electrons. The summed E-state index contributed by atoms with van der Waals surface area (Å²) in [6, 6.07) is 13.2. The van der Waals surface area contributed by atoms with Crippen LogP contribution in [0.3, 0.4) is 0 Å². The Kier molecular flexibility index (Phi) is 8.25. The molecule has 1 N–H and O–H groups in total. The third kappa shape index (κ3) is 6.74. The molecule has 12 heteroatoms. The van der Waals surface area contributed by atoms with Crippen LogP contribution in [-0.2, 0) is 0 Å². The van der Waals surface area contributed by atoms with E-state index in [1.165, 1.54) is 18.2 Å². The molecule has 0 aliphatic rings. The Morgan fingerprint density at radius 3 is 1.53 bits per heavy atom. The van der Waals surface area contributed by atoms with Crippen LogP contribution in [-0.4, -0.2) is 26.7 Å². The van der Waals surface area contributed by atoms with Gasteiger partial charge in [-0.1, -0.05) is 34.8 Å². The van der Waals surface area contributed by atoms with Crippen molar-refractivity contribution in [3.63, 3.8) is 0 Å². The molecule has 3 rings (SSSR count). The smallest absolute Gasteiger partial charge is 0.335 e. The second-order valence-corrected chi connectivity index (χ2v) is 7.36. The summed E-state index contributed by atoms with van der Waals surface area (Å²) in [7, 11) is 0. The minimum atomic E-state index is -1.24. The number of halogens is 3. The molecule has 0 saturated heterocycles. The molecule has 0 unspecified atom stereocenters. The van der Waals surface area contributed by atoms with Gasteiger partial charge in [0.05, 0.1) is 15.4 Å². The molecule has 0 bridgehead atoms. The van der Waals surface area contributed by atoms with E-state index >= 15 is 0 Å². The van der Waals surface area contributed by atoms with Crippen molar-refractivity contribution >= 4 is 57.9 Å². The van der Waals surface area contributed by atoms with Crippen molar-refractivity contribution in [2.24, 2.45) is 0 Å². The number of carboxylic acid groups (broad SMARTS) is 1. The van der Waals surface area contributed by atoms with Gasteiger partial charge in [0, 0.05) is 50.5 Å². The first-order valence-corrected chi connectivity index (χ1v) is 9.55. The maximum Gasteiger partial charge on any atom is 0.335 e. The highest BCUT2D eigenvalue weighted by Crippen LogP contribution is 2.23. The number of benzene rings is 3. The molecular weight excluding hydrogens is 487 g/mol. The number of aromatic carboxylic acids is 1. The fraction of sp³-hybridized carbons (Fsp3) is 0. The predicted octanol–water partition coefficient (Wildman–Crippen LogP) is 6.08. The van der Waals surface area contributed by atoms with Gasteiger partial charge in [0.2, 0.25) is 0 Å². The van der Waals surface area contributed by atoms with E-state index in [0.717, 1.165) is 18.2 Å². The summed E-state index contributed by atoms with van der Waals surface area (Å²) in [6.07, 6.45) is 0. The highest BCUT2D eigenvalue weighted by Gasteiger charge is 2.15. The Morgan fingerprint density at radius 1 is 0.656 bits per heavy atom. The van der Waals surface area contributed by atoms with Crippen molar-refractivity contribution in [2.45, 2.75) is 0 Å². The Bertz CT molecular complexity index is 1180. The van der Waals surface area contributed by atoms with Crippen molar-refractivity contribution in [1.29, 1.82) is 0 Å². The standard InChI is InChI=1S/C13H7Cl2NO3.C7H4ClNO4/c14-10-3-1-8(2-4-10)13(17)9-5-11(15)7-12(6-9)16(18)19;8-5-1-4(7(10)11)2-6(3-5)9(12)13/h1-7H;1-3H,(H,10,11). The van der Waals surface area contributed by atoms with Gasteiger partial charge in [-0.05, 0) is 36.4 Å². The van der Waals surface area contributed by atoms with Crippen LogP contribution in [0.15, 0.2) is 60.7 Å². The summed E-state index contributed by atoms with van der Waals surface area (Å²) in [5.74, 6) is -1.59. The lowest BCUT2D eigenvalue weighted by Gasteiger charge is -2.02. The Labute approximate surface area is 195 Å². The molecule has 0 aliphatic carbocycles. The molecule has 0 saturated carbocycles. The lowest BCUT2D eigenvalue weighted by molar-refractivity contribution is -0.385. The van der Waals surface area contributed by atoms with Crippen molar-refractivity contribution < 1.29 is 24.5 Å². The first-order valence-electron chi connectivity index (χ1n) is 8.41. The Hall–Kier alpha value is -3.53. The third-order valence-corrected chi connectivity index (χ3v) is 4.49. The molecule has 0 spiro atoms. The molecular formula is C20H11Cl3N2O7. The molecule has 0 aliphatic heterocycles. The fourth-order valence-electron chi connectivity index (χ4n) is 2.38. The van der Waals surface area contributed by atoms with E-state index in [0.29, 0.717) is 10.6 Å². The van der Waals surface area contributed by atoms with Crippen LogP contribution in [0.4, 0.5) is 11.4 Å². The van der Waals surface area contributed by atoms with Gasteiger partial charge in [-0.2, -0.15) is 0 Å². The number of carbonyl (C=O) groups excluding carboxylic acids is 1. The summed E-state index contributed by atoms with van der Waals surface area (Å²) in [4.78, 5) is 42.3. The van der Waals surface area contributed by atoms with E-state index < -0.39 is 15.8 Å². The number of hydrogen-bond donors (Lipinski definition) is 1. The minimum Gasteiger partial charge on any atom is -0.478 e. The minimum absolute atomic E-state index is 0.0339. The predicted molar refractivity (Wildman–Crippen MR) is 118 cm³/mol. The topological polar surface area (TPSA) is 141 Å². The van der Waals surface area contributed by atoms with E-state index in [1.54, 1.807) is 24.3 Å². The summed E-state index contributed by atoms with van der Waals surface area (Å²) in [5.41, 5.74) is -0.184. The maximum absolute atomic E-state index is 12.2. The van der Waals surface area contributed by atoms with Gasteiger partial charge in [0.15, 0.2) is 5.78 Å². The maximum atomic E-state index is 12.2. The molecule has 0 amide bonds. The van der Waals surface area contributed by atoms with Crippen molar-refractivity contribution in [2.75, 3.05) is 0 Å². The average Bonchev–Trinajstić information content (AvgIpc) is 2.73.